The van der Waals surface area contributed by atoms with Crippen LogP contribution in [0.4, 0.5) is 0 Å². The minimum Gasteiger partial charge on any atom is -0.459 e. The maximum atomic E-state index is 11.3. The molecule has 1 N–H and O–H groups in total. The minimum atomic E-state index is -0.234. The first kappa shape index (κ1) is 16.2. The van der Waals surface area contributed by atoms with Gasteiger partial charge in [0.05, 0.1) is 0 Å². The molecule has 0 aromatic heterocycles. The number of hydrogen-bond acceptors (Lipinski definition) is 3. The van der Waals surface area contributed by atoms with Crippen molar-refractivity contribution in [1.82, 2.24) is 0 Å². The van der Waals surface area contributed by atoms with Crippen molar-refractivity contribution in [3.05, 3.63) is 12.2 Å². The van der Waals surface area contributed by atoms with Crippen molar-refractivity contribution in [2.75, 3.05) is 6.61 Å². The number of aliphatic hydroxyl groups excluding tert-OH is 1. The first-order valence-corrected chi connectivity index (χ1v) is 6.43. The van der Waals surface area contributed by atoms with Gasteiger partial charge in [0.25, 0.3) is 0 Å². The van der Waals surface area contributed by atoms with Crippen molar-refractivity contribution in [2.24, 2.45) is 11.8 Å². The van der Waals surface area contributed by atoms with Crippen molar-refractivity contribution in [3.8, 4) is 0 Å². The molecule has 0 amide bonds. The zero-order chi connectivity index (χ0) is 13.4. The highest BCUT2D eigenvalue weighted by Gasteiger charge is 2.33. The molecule has 0 bridgehead atoms. The van der Waals surface area contributed by atoms with Crippen LogP contribution in [0.25, 0.3) is 0 Å². The molecule has 0 saturated heterocycles. The Bertz CT molecular complexity index is 248. The van der Waals surface area contributed by atoms with E-state index in [1.165, 1.54) is 6.42 Å². The van der Waals surface area contributed by atoms with Gasteiger partial charge in [-0.25, -0.2) is 4.79 Å². The van der Waals surface area contributed by atoms with E-state index in [-0.39, 0.29) is 18.7 Å². The molecule has 0 radical (unpaired) electrons. The summed E-state index contributed by atoms with van der Waals surface area (Å²) in [7, 11) is 0. The zero-order valence-electron chi connectivity index (χ0n) is 11.5. The summed E-state index contributed by atoms with van der Waals surface area (Å²) in [6.45, 7) is 11.6. The molecule has 1 aliphatic carbocycles. The molecular formula is C14H26O3. The topological polar surface area (TPSA) is 46.5 Å². The van der Waals surface area contributed by atoms with Crippen LogP contribution in [0.3, 0.4) is 0 Å². The maximum absolute atomic E-state index is 11.3. The summed E-state index contributed by atoms with van der Waals surface area (Å²) >= 11 is 0. The van der Waals surface area contributed by atoms with Gasteiger partial charge in [-0.05, 0) is 44.9 Å². The molecular weight excluding hydrogens is 216 g/mol. The Kier molecular flexibility index (Phi) is 7.88. The molecule has 0 spiro atoms. The zero-order valence-corrected chi connectivity index (χ0v) is 11.5. The van der Waals surface area contributed by atoms with E-state index in [2.05, 4.69) is 20.4 Å². The van der Waals surface area contributed by atoms with Crippen LogP contribution in [0.2, 0.25) is 0 Å². The summed E-state index contributed by atoms with van der Waals surface area (Å²) in [6.07, 6.45) is 3.42. The third kappa shape index (κ3) is 5.87. The maximum Gasteiger partial charge on any atom is 0.333 e. The number of carbonyl (C=O) groups excluding carboxylic acids is 1. The van der Waals surface area contributed by atoms with Crippen LogP contribution in [-0.2, 0) is 9.53 Å². The van der Waals surface area contributed by atoms with Crippen LogP contribution >= 0.6 is 0 Å². The Balaban J connectivity index is 0.000000770. The normalized spacial score (nSPS) is 27.0. The second-order valence-corrected chi connectivity index (χ2v) is 4.79. The lowest BCUT2D eigenvalue weighted by molar-refractivity contribution is -0.146. The van der Waals surface area contributed by atoms with E-state index in [0.717, 1.165) is 12.8 Å². The molecule has 100 valence electrons. The average molecular weight is 242 g/mol. The van der Waals surface area contributed by atoms with Crippen LogP contribution in [-0.4, -0.2) is 23.8 Å². The highest BCUT2D eigenvalue weighted by molar-refractivity contribution is 5.87. The van der Waals surface area contributed by atoms with Gasteiger partial charge in [0.2, 0.25) is 0 Å². The van der Waals surface area contributed by atoms with Gasteiger partial charge in [0.15, 0.2) is 0 Å². The lowest BCUT2D eigenvalue weighted by atomic mass is 10.0. The van der Waals surface area contributed by atoms with Gasteiger partial charge in [0.1, 0.15) is 6.10 Å². The van der Waals surface area contributed by atoms with Gasteiger partial charge in [-0.1, -0.05) is 20.4 Å². The standard InChI is InChI=1S/C12H20O2.C2H6O/c1-5-10-6-9(4)7-11(10)14-12(13)8(2)3;1-2-3/h9-11H,2,5-7H2,1,3-4H3;3H,2H2,1H3. The van der Waals surface area contributed by atoms with Crippen LogP contribution in [0.5, 0.6) is 0 Å². The van der Waals surface area contributed by atoms with Gasteiger partial charge in [-0.3, -0.25) is 0 Å². The van der Waals surface area contributed by atoms with Crippen LogP contribution in [0.15, 0.2) is 12.2 Å². The number of ether oxygens (including phenoxy) is 1. The van der Waals surface area contributed by atoms with Crippen molar-refractivity contribution in [1.29, 1.82) is 0 Å². The summed E-state index contributed by atoms with van der Waals surface area (Å²) in [6, 6.07) is 0. The summed E-state index contributed by atoms with van der Waals surface area (Å²) < 4.78 is 5.41. The van der Waals surface area contributed by atoms with E-state index >= 15 is 0 Å². The highest BCUT2D eigenvalue weighted by atomic mass is 16.5. The molecule has 3 atom stereocenters. The van der Waals surface area contributed by atoms with Gasteiger partial charge < -0.3 is 9.84 Å². The molecule has 3 heteroatoms. The summed E-state index contributed by atoms with van der Waals surface area (Å²) in [5.74, 6) is 0.999. The lowest BCUT2D eigenvalue weighted by Gasteiger charge is -2.18. The summed E-state index contributed by atoms with van der Waals surface area (Å²) in [4.78, 5) is 11.3. The van der Waals surface area contributed by atoms with Gasteiger partial charge in [-0.2, -0.15) is 0 Å². The quantitative estimate of drug-likeness (QED) is 0.611. The first-order valence-electron chi connectivity index (χ1n) is 6.43. The third-order valence-corrected chi connectivity index (χ3v) is 3.00. The summed E-state index contributed by atoms with van der Waals surface area (Å²) in [5, 5.41) is 7.57. The third-order valence-electron chi connectivity index (χ3n) is 3.00. The van der Waals surface area contributed by atoms with E-state index in [9.17, 15) is 4.79 Å². The van der Waals surface area contributed by atoms with E-state index in [1.807, 2.05) is 0 Å². The van der Waals surface area contributed by atoms with Crippen molar-refractivity contribution in [3.63, 3.8) is 0 Å². The number of esters is 1. The Hall–Kier alpha value is -0.830. The molecule has 1 rings (SSSR count). The monoisotopic (exact) mass is 242 g/mol. The Morgan fingerprint density at radius 1 is 1.41 bits per heavy atom. The number of hydrogen-bond donors (Lipinski definition) is 1. The largest absolute Gasteiger partial charge is 0.459 e. The molecule has 3 unspecified atom stereocenters. The van der Waals surface area contributed by atoms with Crippen molar-refractivity contribution in [2.45, 2.75) is 53.1 Å². The molecule has 1 aliphatic rings. The van der Waals surface area contributed by atoms with Crippen LogP contribution in [0, 0.1) is 11.8 Å². The Morgan fingerprint density at radius 2 is 1.94 bits per heavy atom. The first-order chi connectivity index (χ1) is 7.96. The Morgan fingerprint density at radius 3 is 2.35 bits per heavy atom. The average Bonchev–Trinajstić information content (AvgIpc) is 2.59. The fraction of sp³-hybridized carbons (Fsp3) is 0.786. The van der Waals surface area contributed by atoms with Gasteiger partial charge in [0, 0.05) is 12.2 Å². The second kappa shape index (κ2) is 8.29. The van der Waals surface area contributed by atoms with Crippen LogP contribution < -0.4 is 0 Å². The fourth-order valence-electron chi connectivity index (χ4n) is 2.17. The molecule has 1 saturated carbocycles. The van der Waals surface area contributed by atoms with E-state index in [1.54, 1.807) is 13.8 Å². The molecule has 1 fully saturated rings. The smallest absolute Gasteiger partial charge is 0.333 e. The van der Waals surface area contributed by atoms with Crippen molar-refractivity contribution < 1.29 is 14.6 Å². The van der Waals surface area contributed by atoms with Gasteiger partial charge >= 0.3 is 5.97 Å². The fourth-order valence-corrected chi connectivity index (χ4v) is 2.17. The van der Waals surface area contributed by atoms with Crippen LogP contribution in [0.1, 0.15) is 47.0 Å². The van der Waals surface area contributed by atoms with E-state index in [0.29, 0.717) is 17.4 Å². The highest BCUT2D eigenvalue weighted by Crippen LogP contribution is 2.35. The SMILES string of the molecule is C=C(C)C(=O)OC1CC(C)CC1CC.CCO. The summed E-state index contributed by atoms with van der Waals surface area (Å²) in [5.41, 5.74) is 0.499. The molecule has 17 heavy (non-hydrogen) atoms. The van der Waals surface area contributed by atoms with E-state index < -0.39 is 0 Å². The number of rotatable bonds is 3. The molecule has 0 heterocycles. The van der Waals surface area contributed by atoms with Gasteiger partial charge in [-0.15, -0.1) is 0 Å². The molecule has 0 aliphatic heterocycles. The molecule has 0 aromatic carbocycles. The molecule has 3 nitrogen and oxygen atoms in total. The van der Waals surface area contributed by atoms with E-state index in [4.69, 9.17) is 9.84 Å². The lowest BCUT2D eigenvalue weighted by Crippen LogP contribution is -2.22. The number of aliphatic hydroxyl groups is 1. The second-order valence-electron chi connectivity index (χ2n) is 4.79. The minimum absolute atomic E-state index is 0.124. The number of carbonyl (C=O) groups is 1. The predicted octanol–water partition coefficient (Wildman–Crippen LogP) is 2.93. The molecule has 0 aromatic rings. The predicted molar refractivity (Wildman–Crippen MR) is 69.6 cm³/mol. The van der Waals surface area contributed by atoms with Crippen molar-refractivity contribution >= 4 is 5.97 Å². The Labute approximate surface area is 105 Å².